The smallest absolute Gasteiger partial charge is 0.121 e. The van der Waals surface area contributed by atoms with Crippen LogP contribution in [-0.2, 0) is 0 Å². The van der Waals surface area contributed by atoms with Gasteiger partial charge in [-0.1, -0.05) is 23.2 Å². The van der Waals surface area contributed by atoms with E-state index in [1.165, 1.54) is 0 Å². The lowest BCUT2D eigenvalue weighted by atomic mass is 9.90. The summed E-state index contributed by atoms with van der Waals surface area (Å²) in [5.41, 5.74) is -0.451. The van der Waals surface area contributed by atoms with Gasteiger partial charge in [0.05, 0.1) is 28.4 Å². The number of hydrogen-bond donors (Lipinski definition) is 2. The van der Waals surface area contributed by atoms with E-state index in [0.29, 0.717) is 35.2 Å². The lowest BCUT2D eigenvalue weighted by molar-refractivity contribution is -0.0283. The van der Waals surface area contributed by atoms with E-state index in [0.717, 1.165) is 56.9 Å². The summed E-state index contributed by atoms with van der Waals surface area (Å²) in [5, 5.41) is 23.3. The second-order valence-electron chi connectivity index (χ2n) is 9.63. The molecule has 2 aliphatic rings. The zero-order chi connectivity index (χ0) is 24.2. The zero-order valence-electron chi connectivity index (χ0n) is 19.7. The summed E-state index contributed by atoms with van der Waals surface area (Å²) in [4.78, 5) is 4.61. The van der Waals surface area contributed by atoms with Crippen LogP contribution < -0.4 is 14.4 Å². The van der Waals surface area contributed by atoms with Gasteiger partial charge in [-0.25, -0.2) is 0 Å². The largest absolute Gasteiger partial charge is 0.497 e. The molecule has 0 unspecified atom stereocenters. The van der Waals surface area contributed by atoms with Crippen molar-refractivity contribution in [1.82, 2.24) is 4.90 Å². The van der Waals surface area contributed by atoms with Crippen molar-refractivity contribution in [3.05, 3.63) is 52.5 Å². The zero-order valence-corrected chi connectivity index (χ0v) is 21.2. The fourth-order valence-electron chi connectivity index (χ4n) is 4.87. The Morgan fingerprint density at radius 2 is 1.50 bits per heavy atom. The van der Waals surface area contributed by atoms with Gasteiger partial charge in [-0.3, -0.25) is 0 Å². The molecule has 4 rings (SSSR count). The Hall–Kier alpha value is -1.70. The van der Waals surface area contributed by atoms with Gasteiger partial charge in [0.25, 0.3) is 0 Å². The van der Waals surface area contributed by atoms with E-state index in [2.05, 4.69) is 21.9 Å². The number of methoxy groups -OCH3 is 1. The Kier molecular flexibility index (Phi) is 8.16. The molecule has 0 spiro atoms. The van der Waals surface area contributed by atoms with Crippen LogP contribution in [0.5, 0.6) is 11.5 Å². The first-order valence-corrected chi connectivity index (χ1v) is 12.7. The van der Waals surface area contributed by atoms with Gasteiger partial charge in [-0.05, 0) is 75.0 Å². The molecule has 8 heteroatoms. The highest BCUT2D eigenvalue weighted by Crippen LogP contribution is 2.31. The third-order valence-electron chi connectivity index (χ3n) is 7.06. The minimum atomic E-state index is -0.902. The topological polar surface area (TPSA) is 65.4 Å². The number of ether oxygens (including phenoxy) is 2. The molecular weight excluding hydrogens is 475 g/mol. The number of halogens is 2. The monoisotopic (exact) mass is 508 g/mol. The van der Waals surface area contributed by atoms with Crippen LogP contribution in [-0.4, -0.2) is 72.8 Å². The first kappa shape index (κ1) is 25.4. The molecule has 2 N–H and O–H groups in total. The van der Waals surface area contributed by atoms with Crippen molar-refractivity contribution in [2.24, 2.45) is 0 Å². The molecule has 1 atom stereocenters. The lowest BCUT2D eigenvalue weighted by Crippen LogP contribution is -2.51. The maximum atomic E-state index is 11.3. The Balaban J connectivity index is 1.26. The Morgan fingerprint density at radius 3 is 2.18 bits per heavy atom. The maximum absolute atomic E-state index is 11.3. The van der Waals surface area contributed by atoms with Crippen LogP contribution in [0.3, 0.4) is 0 Å². The van der Waals surface area contributed by atoms with Crippen LogP contribution in [0.1, 0.15) is 32.1 Å². The molecule has 34 heavy (non-hydrogen) atoms. The van der Waals surface area contributed by atoms with E-state index < -0.39 is 11.2 Å². The third kappa shape index (κ3) is 6.49. The predicted molar refractivity (Wildman–Crippen MR) is 137 cm³/mol. The predicted octanol–water partition coefficient (Wildman–Crippen LogP) is 4.63. The van der Waals surface area contributed by atoms with Gasteiger partial charge in [0.1, 0.15) is 18.1 Å². The molecule has 2 aromatic carbocycles. The van der Waals surface area contributed by atoms with E-state index in [4.69, 9.17) is 32.7 Å². The third-order valence-corrected chi connectivity index (χ3v) is 7.80. The second-order valence-corrected chi connectivity index (χ2v) is 10.4. The minimum Gasteiger partial charge on any atom is -0.497 e. The molecule has 0 amide bonds. The highest BCUT2D eigenvalue weighted by molar-refractivity contribution is 6.42. The molecule has 0 aromatic heterocycles. The van der Waals surface area contributed by atoms with Gasteiger partial charge in [0, 0.05) is 37.9 Å². The van der Waals surface area contributed by atoms with E-state index in [1.54, 1.807) is 25.3 Å². The van der Waals surface area contributed by atoms with Crippen molar-refractivity contribution in [3.8, 4) is 11.5 Å². The molecule has 2 aliphatic heterocycles. The van der Waals surface area contributed by atoms with E-state index in [-0.39, 0.29) is 6.61 Å². The summed E-state index contributed by atoms with van der Waals surface area (Å²) in [7, 11) is 1.67. The van der Waals surface area contributed by atoms with Crippen molar-refractivity contribution < 1.29 is 19.7 Å². The summed E-state index contributed by atoms with van der Waals surface area (Å²) in [5.74, 6) is 1.45. The molecule has 2 saturated heterocycles. The summed E-state index contributed by atoms with van der Waals surface area (Å²) in [6.45, 7) is 4.06. The molecule has 6 nitrogen and oxygen atoms in total. The SMILES string of the molecule is COc1ccc(N2CCC(O)(CN3CCC[C@@](O)(COc4ccc(Cl)c(Cl)c4)CC3)CC2)cc1. The molecule has 0 aliphatic carbocycles. The molecular formula is C26H34Cl2N2O4. The molecule has 0 bridgehead atoms. The molecule has 2 heterocycles. The number of β-amino-alcohol motifs (C(OH)–C–C–N with tert-alkyl or cyclic N) is 1. The first-order chi connectivity index (χ1) is 16.3. The molecule has 2 aromatic rings. The number of hydrogen-bond acceptors (Lipinski definition) is 6. The van der Waals surface area contributed by atoms with Crippen LogP contribution >= 0.6 is 23.2 Å². The van der Waals surface area contributed by atoms with Crippen molar-refractivity contribution in [2.45, 2.75) is 43.3 Å². The fraction of sp³-hybridized carbons (Fsp3) is 0.538. The van der Waals surface area contributed by atoms with Crippen LogP contribution in [0.4, 0.5) is 5.69 Å². The average Bonchev–Trinajstić information content (AvgIpc) is 3.02. The van der Waals surface area contributed by atoms with E-state index in [1.807, 2.05) is 12.1 Å². The fourth-order valence-corrected chi connectivity index (χ4v) is 5.16. The van der Waals surface area contributed by atoms with Gasteiger partial charge in [0.15, 0.2) is 0 Å². The van der Waals surface area contributed by atoms with E-state index in [9.17, 15) is 10.2 Å². The maximum Gasteiger partial charge on any atom is 0.121 e. The number of likely N-dealkylation sites (tertiary alicyclic amines) is 1. The van der Waals surface area contributed by atoms with Crippen LogP contribution in [0.25, 0.3) is 0 Å². The summed E-state index contributed by atoms with van der Waals surface area (Å²) in [6.07, 6.45) is 3.56. The number of anilines is 1. The van der Waals surface area contributed by atoms with Crippen molar-refractivity contribution in [2.75, 3.05) is 51.3 Å². The number of nitrogens with zero attached hydrogens (tertiary/aromatic N) is 2. The Bertz CT molecular complexity index is 950. The normalized spacial score (nSPS) is 23.4. The quantitative estimate of drug-likeness (QED) is 0.568. The highest BCUT2D eigenvalue weighted by atomic mass is 35.5. The molecule has 2 fully saturated rings. The summed E-state index contributed by atoms with van der Waals surface area (Å²) in [6, 6.07) is 13.2. The van der Waals surface area contributed by atoms with Crippen LogP contribution in [0.15, 0.2) is 42.5 Å². The summed E-state index contributed by atoms with van der Waals surface area (Å²) < 4.78 is 11.1. The number of aliphatic hydroxyl groups is 2. The van der Waals surface area contributed by atoms with Crippen molar-refractivity contribution in [3.63, 3.8) is 0 Å². The van der Waals surface area contributed by atoms with Gasteiger partial charge >= 0.3 is 0 Å². The van der Waals surface area contributed by atoms with E-state index >= 15 is 0 Å². The number of piperidine rings is 1. The molecule has 0 radical (unpaired) electrons. The summed E-state index contributed by atoms with van der Waals surface area (Å²) >= 11 is 12.0. The van der Waals surface area contributed by atoms with Crippen LogP contribution in [0, 0.1) is 0 Å². The Morgan fingerprint density at radius 1 is 0.824 bits per heavy atom. The standard InChI is InChI=1S/C26H34Cl2N2O4/c1-33-21-5-3-20(4-6-21)30-15-11-25(31,12-16-30)18-29-13-2-9-26(32,10-14-29)19-34-22-7-8-23(27)24(28)17-22/h3-8,17,31-32H,2,9-16,18-19H2,1H3/t26-/m0/s1. The minimum absolute atomic E-state index is 0.208. The van der Waals surface area contributed by atoms with Crippen molar-refractivity contribution >= 4 is 28.9 Å². The number of rotatable bonds is 7. The van der Waals surface area contributed by atoms with Gasteiger partial charge < -0.3 is 29.5 Å². The molecule has 0 saturated carbocycles. The highest BCUT2D eigenvalue weighted by Gasteiger charge is 2.37. The molecule has 186 valence electrons. The van der Waals surface area contributed by atoms with Crippen LogP contribution in [0.2, 0.25) is 10.0 Å². The van der Waals surface area contributed by atoms with Gasteiger partial charge in [0.2, 0.25) is 0 Å². The second kappa shape index (κ2) is 10.9. The Labute approximate surface area is 212 Å². The first-order valence-electron chi connectivity index (χ1n) is 11.9. The average molecular weight is 509 g/mol. The number of benzene rings is 2. The van der Waals surface area contributed by atoms with Gasteiger partial charge in [-0.15, -0.1) is 0 Å². The lowest BCUT2D eigenvalue weighted by Gasteiger charge is -2.41. The van der Waals surface area contributed by atoms with Crippen molar-refractivity contribution in [1.29, 1.82) is 0 Å². The van der Waals surface area contributed by atoms with Gasteiger partial charge in [-0.2, -0.15) is 0 Å².